The second-order valence-electron chi connectivity index (χ2n) is 8.69. The number of nitrogens with one attached hydrogen (secondary N) is 1. The van der Waals surface area contributed by atoms with Gasteiger partial charge in [-0.25, -0.2) is 8.42 Å². The summed E-state index contributed by atoms with van der Waals surface area (Å²) in [5, 5.41) is 2.96. The standard InChI is InChI=1S/C25H35N3O4S/c1-20-9-10-24(16-21(20)2)28(33(3,30)31)11-5-8-25(29)26-18-22-6-4-7-23(17-22)19-27-12-14-32-15-13-27/h4,6-7,9-10,16-17H,5,8,11-15,18-19H2,1-3H3,(H,26,29). The lowest BCUT2D eigenvalue weighted by molar-refractivity contribution is -0.121. The maximum absolute atomic E-state index is 12.4. The molecule has 1 fully saturated rings. The van der Waals surface area contributed by atoms with E-state index in [2.05, 4.69) is 22.3 Å². The van der Waals surface area contributed by atoms with E-state index in [-0.39, 0.29) is 18.9 Å². The van der Waals surface area contributed by atoms with E-state index in [1.807, 2.05) is 44.2 Å². The Kier molecular flexibility index (Phi) is 8.88. The molecule has 7 nitrogen and oxygen atoms in total. The molecule has 3 rings (SSSR count). The third kappa shape index (κ3) is 7.84. The van der Waals surface area contributed by atoms with Crippen LogP contribution in [0.1, 0.15) is 35.1 Å². The van der Waals surface area contributed by atoms with Crippen molar-refractivity contribution in [3.8, 4) is 0 Å². The van der Waals surface area contributed by atoms with Crippen molar-refractivity contribution in [2.75, 3.05) is 43.4 Å². The van der Waals surface area contributed by atoms with Gasteiger partial charge in [-0.3, -0.25) is 14.0 Å². The van der Waals surface area contributed by atoms with Crippen LogP contribution in [-0.4, -0.2) is 58.3 Å². The van der Waals surface area contributed by atoms with Gasteiger partial charge in [-0.05, 0) is 54.7 Å². The van der Waals surface area contributed by atoms with Crippen molar-refractivity contribution >= 4 is 21.6 Å². The molecule has 0 bridgehead atoms. The molecule has 0 atom stereocenters. The number of carbonyl (C=O) groups excluding carboxylic acids is 1. The van der Waals surface area contributed by atoms with Crippen LogP contribution in [0.15, 0.2) is 42.5 Å². The molecule has 180 valence electrons. The molecule has 8 heteroatoms. The van der Waals surface area contributed by atoms with Crippen molar-refractivity contribution < 1.29 is 17.9 Å². The first kappa shape index (κ1) is 25.2. The first-order chi connectivity index (χ1) is 15.7. The quantitative estimate of drug-likeness (QED) is 0.574. The number of rotatable bonds is 10. The molecule has 0 unspecified atom stereocenters. The fraction of sp³-hybridized carbons (Fsp3) is 0.480. The number of ether oxygens (including phenoxy) is 1. The number of amides is 1. The Bertz CT molecular complexity index is 1050. The Hall–Kier alpha value is -2.42. The highest BCUT2D eigenvalue weighted by atomic mass is 32.2. The Balaban J connectivity index is 1.48. The SMILES string of the molecule is Cc1ccc(N(CCCC(=O)NCc2cccc(CN3CCOCC3)c2)S(C)(=O)=O)cc1C. The summed E-state index contributed by atoms with van der Waals surface area (Å²) in [5.74, 6) is -0.0814. The second kappa shape index (κ2) is 11.6. The molecule has 33 heavy (non-hydrogen) atoms. The summed E-state index contributed by atoms with van der Waals surface area (Å²) in [6, 6.07) is 13.9. The van der Waals surface area contributed by atoms with Crippen LogP contribution < -0.4 is 9.62 Å². The Morgan fingerprint density at radius 2 is 1.79 bits per heavy atom. The van der Waals surface area contributed by atoms with Crippen LogP contribution in [0, 0.1) is 13.8 Å². The molecule has 0 spiro atoms. The average molecular weight is 474 g/mol. The normalized spacial score (nSPS) is 14.8. The van der Waals surface area contributed by atoms with Gasteiger partial charge in [0.25, 0.3) is 0 Å². The summed E-state index contributed by atoms with van der Waals surface area (Å²) in [4.78, 5) is 14.7. The lowest BCUT2D eigenvalue weighted by Crippen LogP contribution is -2.35. The van der Waals surface area contributed by atoms with E-state index < -0.39 is 10.0 Å². The van der Waals surface area contributed by atoms with Gasteiger partial charge in [0.2, 0.25) is 15.9 Å². The molecule has 0 aromatic heterocycles. The van der Waals surface area contributed by atoms with Crippen molar-refractivity contribution in [1.82, 2.24) is 10.2 Å². The lowest BCUT2D eigenvalue weighted by Gasteiger charge is -2.26. The molecule has 0 radical (unpaired) electrons. The van der Waals surface area contributed by atoms with E-state index in [1.54, 1.807) is 0 Å². The predicted octanol–water partition coefficient (Wildman–Crippen LogP) is 3.00. The second-order valence-corrected chi connectivity index (χ2v) is 10.6. The molecular formula is C25H35N3O4S. The fourth-order valence-corrected chi connectivity index (χ4v) is 4.85. The Morgan fingerprint density at radius 3 is 2.48 bits per heavy atom. The van der Waals surface area contributed by atoms with Gasteiger partial charge >= 0.3 is 0 Å². The minimum atomic E-state index is -3.43. The molecule has 1 saturated heterocycles. The molecule has 1 N–H and O–H groups in total. The molecule has 1 amide bonds. The van der Waals surface area contributed by atoms with E-state index in [0.29, 0.717) is 18.7 Å². The van der Waals surface area contributed by atoms with Gasteiger partial charge in [-0.1, -0.05) is 30.3 Å². The summed E-state index contributed by atoms with van der Waals surface area (Å²) in [6.45, 7) is 8.99. The van der Waals surface area contributed by atoms with Crippen LogP contribution in [0.4, 0.5) is 5.69 Å². The number of aryl methyl sites for hydroxylation is 2. The van der Waals surface area contributed by atoms with E-state index >= 15 is 0 Å². The molecule has 0 aliphatic carbocycles. The van der Waals surface area contributed by atoms with E-state index in [1.165, 1.54) is 16.1 Å². The van der Waals surface area contributed by atoms with E-state index in [4.69, 9.17) is 4.74 Å². The summed E-state index contributed by atoms with van der Waals surface area (Å²) in [6.07, 6.45) is 1.92. The number of sulfonamides is 1. The monoisotopic (exact) mass is 473 g/mol. The first-order valence-electron chi connectivity index (χ1n) is 11.4. The van der Waals surface area contributed by atoms with Gasteiger partial charge in [0, 0.05) is 39.1 Å². The van der Waals surface area contributed by atoms with Crippen molar-refractivity contribution in [1.29, 1.82) is 0 Å². The van der Waals surface area contributed by atoms with Gasteiger partial charge < -0.3 is 10.1 Å². The summed E-state index contributed by atoms with van der Waals surface area (Å²) in [5.41, 5.74) is 5.07. The topological polar surface area (TPSA) is 79.0 Å². The Labute approximate surface area is 197 Å². The highest BCUT2D eigenvalue weighted by Gasteiger charge is 2.18. The third-order valence-corrected chi connectivity index (χ3v) is 7.13. The molecule has 1 aliphatic heterocycles. The summed E-state index contributed by atoms with van der Waals surface area (Å²) < 4.78 is 31.4. The highest BCUT2D eigenvalue weighted by Crippen LogP contribution is 2.21. The molecule has 2 aromatic carbocycles. The zero-order valence-corrected chi connectivity index (χ0v) is 20.7. The maximum atomic E-state index is 12.4. The van der Waals surface area contributed by atoms with Gasteiger partial charge in [-0.2, -0.15) is 0 Å². The molecule has 1 heterocycles. The van der Waals surface area contributed by atoms with Crippen LogP contribution in [-0.2, 0) is 32.6 Å². The predicted molar refractivity (Wildman–Crippen MR) is 132 cm³/mol. The van der Waals surface area contributed by atoms with Crippen molar-refractivity contribution in [2.45, 2.75) is 39.8 Å². The summed E-state index contributed by atoms with van der Waals surface area (Å²) in [7, 11) is -3.43. The smallest absolute Gasteiger partial charge is 0.232 e. The van der Waals surface area contributed by atoms with Gasteiger partial charge in [0.1, 0.15) is 0 Å². The first-order valence-corrected chi connectivity index (χ1v) is 13.3. The van der Waals surface area contributed by atoms with Crippen LogP contribution in [0.3, 0.4) is 0 Å². The number of hydrogen-bond acceptors (Lipinski definition) is 5. The third-order valence-electron chi connectivity index (χ3n) is 5.93. The number of nitrogens with zero attached hydrogens (tertiary/aromatic N) is 2. The lowest BCUT2D eigenvalue weighted by atomic mass is 10.1. The molecule has 2 aromatic rings. The largest absolute Gasteiger partial charge is 0.379 e. The van der Waals surface area contributed by atoms with Crippen molar-refractivity contribution in [3.05, 3.63) is 64.7 Å². The van der Waals surface area contributed by atoms with Crippen molar-refractivity contribution in [2.24, 2.45) is 0 Å². The number of anilines is 1. The van der Waals surface area contributed by atoms with Crippen LogP contribution in [0.2, 0.25) is 0 Å². The van der Waals surface area contributed by atoms with Gasteiger partial charge in [0.15, 0.2) is 0 Å². The molecule has 1 aliphatic rings. The van der Waals surface area contributed by atoms with Crippen LogP contribution >= 0.6 is 0 Å². The minimum absolute atomic E-state index is 0.0814. The van der Waals surface area contributed by atoms with E-state index in [9.17, 15) is 13.2 Å². The molecule has 0 saturated carbocycles. The minimum Gasteiger partial charge on any atom is -0.379 e. The Morgan fingerprint density at radius 1 is 1.06 bits per heavy atom. The van der Waals surface area contributed by atoms with Gasteiger partial charge in [0.05, 0.1) is 25.2 Å². The van der Waals surface area contributed by atoms with Crippen LogP contribution in [0.5, 0.6) is 0 Å². The number of carbonyl (C=O) groups is 1. The average Bonchev–Trinajstić information content (AvgIpc) is 2.77. The molecular weight excluding hydrogens is 438 g/mol. The van der Waals surface area contributed by atoms with Crippen LogP contribution in [0.25, 0.3) is 0 Å². The maximum Gasteiger partial charge on any atom is 0.232 e. The number of morpholine rings is 1. The summed E-state index contributed by atoms with van der Waals surface area (Å²) >= 11 is 0. The number of hydrogen-bond donors (Lipinski definition) is 1. The highest BCUT2D eigenvalue weighted by molar-refractivity contribution is 7.92. The zero-order valence-electron chi connectivity index (χ0n) is 19.8. The fourth-order valence-electron chi connectivity index (χ4n) is 3.89. The van der Waals surface area contributed by atoms with Gasteiger partial charge in [-0.15, -0.1) is 0 Å². The van der Waals surface area contributed by atoms with E-state index in [0.717, 1.165) is 49.5 Å². The van der Waals surface area contributed by atoms with Crippen molar-refractivity contribution in [3.63, 3.8) is 0 Å². The zero-order chi connectivity index (χ0) is 23.8. The number of benzene rings is 2.